The Labute approximate surface area is 90.0 Å². The van der Waals surface area contributed by atoms with Gasteiger partial charge in [0.25, 0.3) is 0 Å². The van der Waals surface area contributed by atoms with E-state index in [9.17, 15) is 9.59 Å². The summed E-state index contributed by atoms with van der Waals surface area (Å²) in [5.41, 5.74) is 5.60. The molecule has 0 aliphatic carbocycles. The Morgan fingerprint density at radius 1 is 1.13 bits per heavy atom. The number of aliphatic carboxylic acids is 1. The lowest BCUT2D eigenvalue weighted by atomic mass is 10.0. The summed E-state index contributed by atoms with van der Waals surface area (Å²) in [7, 11) is 0. The van der Waals surface area contributed by atoms with Crippen molar-refractivity contribution < 1.29 is 14.7 Å². The molecule has 15 heavy (non-hydrogen) atoms. The summed E-state index contributed by atoms with van der Waals surface area (Å²) in [4.78, 5) is 22.3. The van der Waals surface area contributed by atoms with Crippen molar-refractivity contribution in [2.24, 2.45) is 17.6 Å². The van der Waals surface area contributed by atoms with Gasteiger partial charge in [0.05, 0.1) is 6.04 Å². The van der Waals surface area contributed by atoms with Crippen molar-refractivity contribution in [1.82, 2.24) is 5.32 Å². The normalized spacial score (nSPS) is 15.1. The van der Waals surface area contributed by atoms with Crippen molar-refractivity contribution in [2.75, 3.05) is 0 Å². The number of nitrogens with two attached hydrogens (primary N) is 1. The number of carboxylic acid groups (broad SMARTS) is 1. The van der Waals surface area contributed by atoms with Gasteiger partial charge in [0.2, 0.25) is 5.91 Å². The Hall–Kier alpha value is -1.10. The minimum absolute atomic E-state index is 0.00777. The van der Waals surface area contributed by atoms with Crippen molar-refractivity contribution in [2.45, 2.75) is 39.8 Å². The molecule has 0 saturated carbocycles. The lowest BCUT2D eigenvalue weighted by molar-refractivity contribution is -0.143. The summed E-state index contributed by atoms with van der Waals surface area (Å²) in [5.74, 6) is -1.61. The van der Waals surface area contributed by atoms with E-state index in [4.69, 9.17) is 10.8 Å². The van der Waals surface area contributed by atoms with Crippen LogP contribution in [0.25, 0.3) is 0 Å². The predicted molar refractivity (Wildman–Crippen MR) is 57.2 cm³/mol. The average Bonchev–Trinajstić information content (AvgIpc) is 2.11. The molecule has 0 radical (unpaired) electrons. The molecule has 0 aromatic carbocycles. The SMILES string of the molecule is CC(C)C(N)C(=O)N[C@@H](C(=O)O)C(C)C. The molecule has 0 spiro atoms. The number of carboxylic acids is 1. The van der Waals surface area contributed by atoms with E-state index in [1.165, 1.54) is 0 Å². The zero-order valence-electron chi connectivity index (χ0n) is 9.65. The van der Waals surface area contributed by atoms with Gasteiger partial charge in [0, 0.05) is 0 Å². The van der Waals surface area contributed by atoms with Gasteiger partial charge >= 0.3 is 5.97 Å². The summed E-state index contributed by atoms with van der Waals surface area (Å²) in [6.07, 6.45) is 0. The van der Waals surface area contributed by atoms with Gasteiger partial charge in [-0.3, -0.25) is 4.79 Å². The second-order valence-corrected chi connectivity index (χ2v) is 4.34. The Balaban J connectivity index is 4.43. The summed E-state index contributed by atoms with van der Waals surface area (Å²) in [6, 6.07) is -1.53. The third-order valence-electron chi connectivity index (χ3n) is 2.25. The van der Waals surface area contributed by atoms with E-state index in [2.05, 4.69) is 5.32 Å². The van der Waals surface area contributed by atoms with Crippen LogP contribution in [0.4, 0.5) is 0 Å². The maximum atomic E-state index is 11.5. The quantitative estimate of drug-likeness (QED) is 0.612. The third kappa shape index (κ3) is 4.29. The molecule has 0 aliphatic heterocycles. The van der Waals surface area contributed by atoms with Gasteiger partial charge in [-0.05, 0) is 11.8 Å². The first-order chi connectivity index (χ1) is 6.77. The molecule has 0 fully saturated rings. The molecule has 1 amide bonds. The zero-order valence-corrected chi connectivity index (χ0v) is 9.65. The molecule has 0 bridgehead atoms. The first kappa shape index (κ1) is 13.9. The lowest BCUT2D eigenvalue weighted by Gasteiger charge is -2.21. The summed E-state index contributed by atoms with van der Waals surface area (Å²) >= 11 is 0. The highest BCUT2D eigenvalue weighted by atomic mass is 16.4. The Morgan fingerprint density at radius 2 is 1.60 bits per heavy atom. The van der Waals surface area contributed by atoms with Crippen LogP contribution in [0.5, 0.6) is 0 Å². The van der Waals surface area contributed by atoms with Crippen LogP contribution in [0.15, 0.2) is 0 Å². The minimum atomic E-state index is -1.03. The molecule has 0 aliphatic rings. The molecule has 0 saturated heterocycles. The van der Waals surface area contributed by atoms with Gasteiger partial charge in [-0.15, -0.1) is 0 Å². The third-order valence-corrected chi connectivity index (χ3v) is 2.25. The molecular formula is C10H20N2O3. The van der Waals surface area contributed by atoms with Crippen molar-refractivity contribution >= 4 is 11.9 Å². The minimum Gasteiger partial charge on any atom is -0.480 e. The number of carbonyl (C=O) groups excluding carboxylic acids is 1. The highest BCUT2D eigenvalue weighted by Crippen LogP contribution is 2.04. The van der Waals surface area contributed by atoms with E-state index in [1.807, 2.05) is 13.8 Å². The Kier molecular flexibility index (Phi) is 5.28. The average molecular weight is 216 g/mol. The highest BCUT2D eigenvalue weighted by molar-refractivity contribution is 5.87. The first-order valence-electron chi connectivity index (χ1n) is 5.06. The van der Waals surface area contributed by atoms with E-state index in [-0.39, 0.29) is 11.8 Å². The van der Waals surface area contributed by atoms with Gasteiger partial charge in [-0.1, -0.05) is 27.7 Å². The van der Waals surface area contributed by atoms with Crippen LogP contribution in [0.1, 0.15) is 27.7 Å². The molecule has 0 rings (SSSR count). The molecule has 2 atom stereocenters. The van der Waals surface area contributed by atoms with Crippen LogP contribution in [0.2, 0.25) is 0 Å². The Bertz CT molecular complexity index is 239. The molecule has 88 valence electrons. The van der Waals surface area contributed by atoms with Crippen LogP contribution in [0, 0.1) is 11.8 Å². The number of rotatable bonds is 5. The largest absolute Gasteiger partial charge is 0.480 e. The van der Waals surface area contributed by atoms with Gasteiger partial charge in [0.1, 0.15) is 6.04 Å². The molecule has 5 nitrogen and oxygen atoms in total. The zero-order chi connectivity index (χ0) is 12.2. The second kappa shape index (κ2) is 5.70. The highest BCUT2D eigenvalue weighted by Gasteiger charge is 2.26. The van der Waals surface area contributed by atoms with Crippen LogP contribution in [-0.4, -0.2) is 29.1 Å². The number of hydrogen-bond donors (Lipinski definition) is 3. The standard InChI is InChI=1S/C10H20N2O3/c1-5(2)7(11)9(13)12-8(6(3)4)10(14)15/h5-8H,11H2,1-4H3,(H,12,13)(H,14,15)/t7?,8-/m1/s1. The molecule has 0 heterocycles. The molecule has 0 aromatic rings. The summed E-state index contributed by atoms with van der Waals surface area (Å²) < 4.78 is 0. The van der Waals surface area contributed by atoms with Gasteiger partial charge in [-0.25, -0.2) is 4.79 Å². The predicted octanol–water partition coefficient (Wildman–Crippen LogP) is 0.195. The van der Waals surface area contributed by atoms with Crippen LogP contribution in [0.3, 0.4) is 0 Å². The smallest absolute Gasteiger partial charge is 0.326 e. The first-order valence-corrected chi connectivity index (χ1v) is 5.06. The molecule has 4 N–H and O–H groups in total. The number of nitrogens with one attached hydrogen (secondary N) is 1. The topological polar surface area (TPSA) is 92.4 Å². The van der Waals surface area contributed by atoms with E-state index >= 15 is 0 Å². The summed E-state index contributed by atoms with van der Waals surface area (Å²) in [5, 5.41) is 11.3. The fourth-order valence-corrected chi connectivity index (χ4v) is 1.07. The maximum Gasteiger partial charge on any atom is 0.326 e. The van der Waals surface area contributed by atoms with Crippen molar-refractivity contribution in [1.29, 1.82) is 0 Å². The molecule has 5 heteroatoms. The maximum absolute atomic E-state index is 11.5. The summed E-state index contributed by atoms with van der Waals surface area (Å²) in [6.45, 7) is 7.10. The lowest BCUT2D eigenvalue weighted by Crippen LogP contribution is -2.52. The van der Waals surface area contributed by atoms with E-state index in [1.54, 1.807) is 13.8 Å². The van der Waals surface area contributed by atoms with Gasteiger partial charge in [-0.2, -0.15) is 0 Å². The monoisotopic (exact) mass is 216 g/mol. The molecule has 1 unspecified atom stereocenters. The van der Waals surface area contributed by atoms with Crippen molar-refractivity contribution in [3.05, 3.63) is 0 Å². The number of amides is 1. The fraction of sp³-hybridized carbons (Fsp3) is 0.800. The van der Waals surface area contributed by atoms with Gasteiger partial charge < -0.3 is 16.2 Å². The number of carbonyl (C=O) groups is 2. The molecule has 0 aromatic heterocycles. The number of hydrogen-bond acceptors (Lipinski definition) is 3. The van der Waals surface area contributed by atoms with E-state index in [0.717, 1.165) is 0 Å². The van der Waals surface area contributed by atoms with Crippen LogP contribution >= 0.6 is 0 Å². The van der Waals surface area contributed by atoms with Crippen LogP contribution in [-0.2, 0) is 9.59 Å². The van der Waals surface area contributed by atoms with Crippen molar-refractivity contribution in [3.63, 3.8) is 0 Å². The fourth-order valence-electron chi connectivity index (χ4n) is 1.07. The van der Waals surface area contributed by atoms with Crippen LogP contribution < -0.4 is 11.1 Å². The Morgan fingerprint density at radius 3 is 1.87 bits per heavy atom. The van der Waals surface area contributed by atoms with Crippen molar-refractivity contribution in [3.8, 4) is 0 Å². The molecular weight excluding hydrogens is 196 g/mol. The second-order valence-electron chi connectivity index (χ2n) is 4.34. The van der Waals surface area contributed by atoms with E-state index < -0.39 is 24.0 Å². The van der Waals surface area contributed by atoms with Gasteiger partial charge in [0.15, 0.2) is 0 Å². The van der Waals surface area contributed by atoms with E-state index in [0.29, 0.717) is 0 Å².